The molecule has 0 saturated carbocycles. The minimum absolute atomic E-state index is 0.0736. The first-order chi connectivity index (χ1) is 21.6. The van der Waals surface area contributed by atoms with Crippen molar-refractivity contribution in [1.82, 2.24) is 10.2 Å². The molecule has 4 aromatic carbocycles. The standard InChI is InChI=1S/C36H40BrN3O4S/c1-4-5-22-38-36(42)34(23-29-13-7-6-8-14-29)39(25-30-15-10-9-12-28(30)3)35(41)26-40(32-17-11-16-31(37)24-32)45(43,44)33-20-18-27(2)19-21-33/h6-21,24,34H,4-5,22-23,25-26H2,1-3H3,(H,38,42). The highest BCUT2D eigenvalue weighted by Gasteiger charge is 2.34. The van der Waals surface area contributed by atoms with Crippen LogP contribution in [0.4, 0.5) is 5.69 Å². The van der Waals surface area contributed by atoms with Crippen molar-refractivity contribution in [3.8, 4) is 0 Å². The highest BCUT2D eigenvalue weighted by Crippen LogP contribution is 2.28. The van der Waals surface area contributed by atoms with Gasteiger partial charge in [-0.25, -0.2) is 8.42 Å². The van der Waals surface area contributed by atoms with Gasteiger partial charge in [0.05, 0.1) is 10.6 Å². The number of anilines is 1. The van der Waals surface area contributed by atoms with E-state index in [0.717, 1.165) is 39.4 Å². The van der Waals surface area contributed by atoms with Crippen LogP contribution in [0.15, 0.2) is 112 Å². The van der Waals surface area contributed by atoms with Gasteiger partial charge in [0.1, 0.15) is 12.6 Å². The number of rotatable bonds is 14. The van der Waals surface area contributed by atoms with Crippen LogP contribution in [0.2, 0.25) is 0 Å². The molecule has 0 fully saturated rings. The maximum atomic E-state index is 14.6. The molecule has 236 valence electrons. The maximum absolute atomic E-state index is 14.6. The van der Waals surface area contributed by atoms with E-state index in [1.807, 2.05) is 75.4 Å². The van der Waals surface area contributed by atoms with Gasteiger partial charge in [0.25, 0.3) is 10.0 Å². The second kappa shape index (κ2) is 15.9. The molecule has 4 rings (SSSR count). The Morgan fingerprint density at radius 1 is 0.867 bits per heavy atom. The van der Waals surface area contributed by atoms with E-state index >= 15 is 0 Å². The van der Waals surface area contributed by atoms with E-state index in [0.29, 0.717) is 16.7 Å². The van der Waals surface area contributed by atoms with Crippen LogP contribution < -0.4 is 9.62 Å². The lowest BCUT2D eigenvalue weighted by Crippen LogP contribution is -2.53. The van der Waals surface area contributed by atoms with Crippen LogP contribution in [0, 0.1) is 13.8 Å². The number of nitrogens with one attached hydrogen (secondary N) is 1. The molecule has 7 nitrogen and oxygen atoms in total. The van der Waals surface area contributed by atoms with Crippen LogP contribution in [-0.4, -0.2) is 44.3 Å². The van der Waals surface area contributed by atoms with E-state index in [1.165, 1.54) is 4.90 Å². The Labute approximate surface area is 275 Å². The second-order valence-corrected chi connectivity index (χ2v) is 13.9. The predicted octanol–water partition coefficient (Wildman–Crippen LogP) is 6.82. The van der Waals surface area contributed by atoms with Gasteiger partial charge in [-0.15, -0.1) is 0 Å². The van der Waals surface area contributed by atoms with Crippen molar-refractivity contribution in [2.75, 3.05) is 17.4 Å². The molecule has 0 aliphatic heterocycles. The second-order valence-electron chi connectivity index (χ2n) is 11.1. The summed E-state index contributed by atoms with van der Waals surface area (Å²) >= 11 is 3.45. The molecule has 1 unspecified atom stereocenters. The largest absolute Gasteiger partial charge is 0.354 e. The van der Waals surface area contributed by atoms with Crippen molar-refractivity contribution >= 4 is 43.5 Å². The Morgan fingerprint density at radius 3 is 2.22 bits per heavy atom. The highest BCUT2D eigenvalue weighted by atomic mass is 79.9. The summed E-state index contributed by atoms with van der Waals surface area (Å²) in [7, 11) is -4.16. The van der Waals surface area contributed by atoms with E-state index in [4.69, 9.17) is 0 Å². The third kappa shape index (κ3) is 9.05. The van der Waals surface area contributed by atoms with E-state index in [-0.39, 0.29) is 23.8 Å². The molecule has 0 saturated heterocycles. The van der Waals surface area contributed by atoms with Crippen LogP contribution in [0.5, 0.6) is 0 Å². The maximum Gasteiger partial charge on any atom is 0.264 e. The molecule has 0 aliphatic rings. The van der Waals surface area contributed by atoms with Gasteiger partial charge in [0, 0.05) is 24.0 Å². The molecule has 2 amide bonds. The van der Waals surface area contributed by atoms with Crippen LogP contribution in [0.1, 0.15) is 42.0 Å². The van der Waals surface area contributed by atoms with Gasteiger partial charge in [-0.1, -0.05) is 108 Å². The SMILES string of the molecule is CCCCNC(=O)C(Cc1ccccc1)N(Cc1ccccc1C)C(=O)CN(c1cccc(Br)c1)S(=O)(=O)c1ccc(C)cc1. The first-order valence-corrected chi connectivity index (χ1v) is 17.3. The molecule has 1 atom stereocenters. The fourth-order valence-electron chi connectivity index (χ4n) is 5.03. The number of carbonyl (C=O) groups is 2. The van der Waals surface area contributed by atoms with E-state index in [2.05, 4.69) is 21.2 Å². The molecule has 0 spiro atoms. The van der Waals surface area contributed by atoms with E-state index in [1.54, 1.807) is 48.5 Å². The van der Waals surface area contributed by atoms with Crippen molar-refractivity contribution < 1.29 is 18.0 Å². The summed E-state index contributed by atoms with van der Waals surface area (Å²) in [6.45, 7) is 6.02. The van der Waals surface area contributed by atoms with Crippen LogP contribution in [0.3, 0.4) is 0 Å². The molecule has 4 aromatic rings. The van der Waals surface area contributed by atoms with Gasteiger partial charge >= 0.3 is 0 Å². The van der Waals surface area contributed by atoms with Crippen molar-refractivity contribution in [3.63, 3.8) is 0 Å². The van der Waals surface area contributed by atoms with Crippen molar-refractivity contribution in [2.45, 2.75) is 57.5 Å². The number of sulfonamides is 1. The first kappa shape index (κ1) is 33.9. The van der Waals surface area contributed by atoms with Gasteiger partial charge < -0.3 is 10.2 Å². The molecule has 0 aliphatic carbocycles. The number of aryl methyl sites for hydroxylation is 2. The Hall–Kier alpha value is -3.95. The summed E-state index contributed by atoms with van der Waals surface area (Å²) in [5.41, 5.74) is 3.99. The Kier molecular flexibility index (Phi) is 12.0. The number of unbranched alkanes of at least 4 members (excludes halogenated alkanes) is 1. The summed E-state index contributed by atoms with van der Waals surface area (Å²) < 4.78 is 30.1. The summed E-state index contributed by atoms with van der Waals surface area (Å²) in [4.78, 5) is 30.0. The smallest absolute Gasteiger partial charge is 0.264 e. The number of halogens is 1. The number of hydrogen-bond acceptors (Lipinski definition) is 4. The third-order valence-corrected chi connectivity index (χ3v) is 9.97. The summed E-state index contributed by atoms with van der Waals surface area (Å²) in [6.07, 6.45) is 1.99. The lowest BCUT2D eigenvalue weighted by Gasteiger charge is -2.34. The molecule has 0 bridgehead atoms. The van der Waals surface area contributed by atoms with Crippen LogP contribution >= 0.6 is 15.9 Å². The lowest BCUT2D eigenvalue weighted by atomic mass is 10.0. The fraction of sp³-hybridized carbons (Fsp3) is 0.278. The predicted molar refractivity (Wildman–Crippen MR) is 183 cm³/mol. The van der Waals surface area contributed by atoms with Gasteiger partial charge in [-0.2, -0.15) is 0 Å². The quantitative estimate of drug-likeness (QED) is 0.147. The Balaban J connectivity index is 1.80. The number of benzene rings is 4. The molecule has 0 aromatic heterocycles. The third-order valence-electron chi connectivity index (χ3n) is 7.69. The molecule has 45 heavy (non-hydrogen) atoms. The zero-order valence-corrected chi connectivity index (χ0v) is 28.4. The summed E-state index contributed by atoms with van der Waals surface area (Å²) in [5.74, 6) is -0.759. The number of nitrogens with zero attached hydrogens (tertiary/aromatic N) is 2. The normalized spacial score (nSPS) is 11.9. The van der Waals surface area contributed by atoms with E-state index < -0.39 is 28.5 Å². The van der Waals surface area contributed by atoms with Crippen molar-refractivity contribution in [2.24, 2.45) is 0 Å². The number of carbonyl (C=O) groups excluding carboxylic acids is 2. The lowest BCUT2D eigenvalue weighted by molar-refractivity contribution is -0.140. The van der Waals surface area contributed by atoms with Gasteiger partial charge in [0.15, 0.2) is 0 Å². The van der Waals surface area contributed by atoms with Crippen molar-refractivity contribution in [3.05, 3.63) is 130 Å². The summed E-state index contributed by atoms with van der Waals surface area (Å²) in [5, 5.41) is 3.02. The molecule has 0 radical (unpaired) electrons. The monoisotopic (exact) mass is 689 g/mol. The number of amides is 2. The fourth-order valence-corrected chi connectivity index (χ4v) is 6.82. The minimum Gasteiger partial charge on any atom is -0.354 e. The van der Waals surface area contributed by atoms with Gasteiger partial charge in [0.2, 0.25) is 11.8 Å². The zero-order chi connectivity index (χ0) is 32.4. The van der Waals surface area contributed by atoms with Crippen LogP contribution in [-0.2, 0) is 32.6 Å². The van der Waals surface area contributed by atoms with Crippen LogP contribution in [0.25, 0.3) is 0 Å². The molecule has 9 heteroatoms. The van der Waals surface area contributed by atoms with Crippen molar-refractivity contribution in [1.29, 1.82) is 0 Å². The zero-order valence-electron chi connectivity index (χ0n) is 25.9. The Morgan fingerprint density at radius 2 is 1.56 bits per heavy atom. The Bertz CT molecular complexity index is 1700. The highest BCUT2D eigenvalue weighted by molar-refractivity contribution is 9.10. The molecular formula is C36H40BrN3O4S. The number of hydrogen-bond donors (Lipinski definition) is 1. The van der Waals surface area contributed by atoms with Gasteiger partial charge in [-0.3, -0.25) is 13.9 Å². The molecule has 0 heterocycles. The summed E-state index contributed by atoms with van der Waals surface area (Å²) in [6, 6.07) is 29.8. The minimum atomic E-state index is -4.16. The molecular weight excluding hydrogens is 650 g/mol. The van der Waals surface area contributed by atoms with Gasteiger partial charge in [-0.05, 0) is 67.3 Å². The average Bonchev–Trinajstić information content (AvgIpc) is 3.03. The van der Waals surface area contributed by atoms with E-state index in [9.17, 15) is 18.0 Å². The average molecular weight is 691 g/mol. The first-order valence-electron chi connectivity index (χ1n) is 15.1. The molecule has 1 N–H and O–H groups in total. The topological polar surface area (TPSA) is 86.8 Å².